The van der Waals surface area contributed by atoms with Gasteiger partial charge in [0.1, 0.15) is 17.8 Å². The van der Waals surface area contributed by atoms with E-state index in [9.17, 15) is 0 Å². The van der Waals surface area contributed by atoms with Crippen molar-refractivity contribution in [3.63, 3.8) is 0 Å². The minimum Gasteiger partial charge on any atom is -0.363 e. The Balaban J connectivity index is 1.38. The lowest BCUT2D eigenvalue weighted by Gasteiger charge is -2.36. The molecule has 1 aliphatic heterocycles. The molecule has 0 amide bonds. The number of hydrogen-bond donors (Lipinski definition) is 3. The van der Waals surface area contributed by atoms with Crippen molar-refractivity contribution in [2.75, 3.05) is 18.4 Å². The number of rotatable bonds is 6. The Morgan fingerprint density at radius 3 is 2.58 bits per heavy atom. The molecule has 2 aromatic heterocycles. The molecule has 0 spiro atoms. The molecule has 0 saturated carbocycles. The van der Waals surface area contributed by atoms with Gasteiger partial charge in [0.05, 0.1) is 5.39 Å². The first-order chi connectivity index (χ1) is 16.0. The average Bonchev–Trinajstić information content (AvgIpc) is 3.25. The molecule has 33 heavy (non-hydrogen) atoms. The molecule has 170 valence electrons. The highest BCUT2D eigenvalue weighted by Crippen LogP contribution is 2.29. The van der Waals surface area contributed by atoms with E-state index in [0.717, 1.165) is 42.2 Å². The van der Waals surface area contributed by atoms with E-state index in [0.29, 0.717) is 12.1 Å². The van der Waals surface area contributed by atoms with Crippen LogP contribution in [0, 0.1) is 0 Å². The molecule has 6 heteroatoms. The van der Waals surface area contributed by atoms with Crippen LogP contribution in [0.2, 0.25) is 0 Å². The minimum atomic E-state index is 0.148. The van der Waals surface area contributed by atoms with Gasteiger partial charge in [-0.1, -0.05) is 48.5 Å². The third-order valence-corrected chi connectivity index (χ3v) is 6.36. The number of aromatic nitrogens is 3. The maximum Gasteiger partial charge on any atom is 0.143 e. The Bertz CT molecular complexity index is 1210. The maximum atomic E-state index is 4.53. The number of nitrogens with zero attached hydrogens (tertiary/aromatic N) is 3. The van der Waals surface area contributed by atoms with Crippen molar-refractivity contribution in [3.05, 3.63) is 78.1 Å². The van der Waals surface area contributed by atoms with Gasteiger partial charge in [0.15, 0.2) is 0 Å². The second kappa shape index (κ2) is 9.33. The molecular formula is C27H32N6. The van der Waals surface area contributed by atoms with Crippen molar-refractivity contribution in [1.29, 1.82) is 0 Å². The third-order valence-electron chi connectivity index (χ3n) is 6.36. The zero-order valence-electron chi connectivity index (χ0n) is 19.5. The first-order valence-corrected chi connectivity index (χ1v) is 11.8. The number of fused-ring (bicyclic) bond motifs is 1. The second-order valence-corrected chi connectivity index (χ2v) is 9.31. The highest BCUT2D eigenvalue weighted by atomic mass is 15.2. The molecule has 3 N–H and O–H groups in total. The van der Waals surface area contributed by atoms with Crippen LogP contribution in [0.3, 0.4) is 0 Å². The molecule has 1 aliphatic rings. The highest BCUT2D eigenvalue weighted by Gasteiger charge is 2.21. The van der Waals surface area contributed by atoms with E-state index in [1.807, 2.05) is 6.07 Å². The van der Waals surface area contributed by atoms with Crippen LogP contribution in [0.1, 0.15) is 37.9 Å². The molecular weight excluding hydrogens is 408 g/mol. The Morgan fingerprint density at radius 2 is 1.79 bits per heavy atom. The van der Waals surface area contributed by atoms with Gasteiger partial charge < -0.3 is 15.6 Å². The van der Waals surface area contributed by atoms with Gasteiger partial charge >= 0.3 is 0 Å². The van der Waals surface area contributed by atoms with Gasteiger partial charge in [0.25, 0.3) is 0 Å². The van der Waals surface area contributed by atoms with Crippen molar-refractivity contribution in [2.45, 2.75) is 45.4 Å². The first kappa shape index (κ1) is 21.6. The zero-order chi connectivity index (χ0) is 22.8. The largest absolute Gasteiger partial charge is 0.363 e. The summed E-state index contributed by atoms with van der Waals surface area (Å²) in [5.74, 6) is 0.846. The predicted molar refractivity (Wildman–Crippen MR) is 135 cm³/mol. The standard InChI is InChI=1S/C27H32N6/c1-18-14-33(15-19(2)30-18)16-21-8-7-11-23(12-21)25-13-24-26(28-17-29-27(24)32-25)31-20(3)22-9-5-4-6-10-22/h4-13,17-20,30H,14-16H2,1-3H3,(H2,28,29,31,32)/t18?,19?,20-/m1/s1. The fraction of sp³-hybridized carbons (Fsp3) is 0.333. The van der Waals surface area contributed by atoms with Crippen LogP contribution >= 0.6 is 0 Å². The zero-order valence-corrected chi connectivity index (χ0v) is 19.5. The van der Waals surface area contributed by atoms with E-state index < -0.39 is 0 Å². The van der Waals surface area contributed by atoms with Gasteiger partial charge in [-0.15, -0.1) is 0 Å². The molecule has 3 heterocycles. The van der Waals surface area contributed by atoms with Crippen LogP contribution in [0.4, 0.5) is 5.82 Å². The summed E-state index contributed by atoms with van der Waals surface area (Å²) in [6.45, 7) is 9.78. The van der Waals surface area contributed by atoms with Gasteiger partial charge in [0.2, 0.25) is 0 Å². The first-order valence-electron chi connectivity index (χ1n) is 11.8. The normalized spacial score (nSPS) is 20.1. The predicted octanol–water partition coefficient (Wildman–Crippen LogP) is 4.98. The summed E-state index contributed by atoms with van der Waals surface area (Å²) in [5, 5.41) is 8.17. The molecule has 4 aromatic rings. The molecule has 1 fully saturated rings. The lowest BCUT2D eigenvalue weighted by molar-refractivity contribution is 0.166. The SMILES string of the molecule is CC1CN(Cc2cccc(-c3cc4c(N[C@H](C)c5ccccc5)ncnc4[nH]3)c2)CC(C)N1. The Labute approximate surface area is 195 Å². The summed E-state index contributed by atoms with van der Waals surface area (Å²) < 4.78 is 0. The van der Waals surface area contributed by atoms with Crippen molar-refractivity contribution < 1.29 is 0 Å². The number of piperazine rings is 1. The Morgan fingerprint density at radius 1 is 1.00 bits per heavy atom. The van der Waals surface area contributed by atoms with E-state index in [1.54, 1.807) is 6.33 Å². The summed E-state index contributed by atoms with van der Waals surface area (Å²) >= 11 is 0. The quantitative estimate of drug-likeness (QED) is 0.395. The van der Waals surface area contributed by atoms with Crippen LogP contribution in [0.15, 0.2) is 67.0 Å². The number of nitrogens with one attached hydrogen (secondary N) is 3. The van der Waals surface area contributed by atoms with Gasteiger partial charge in [-0.2, -0.15) is 0 Å². The Kier molecular flexibility index (Phi) is 6.11. The van der Waals surface area contributed by atoms with Gasteiger partial charge in [-0.25, -0.2) is 9.97 Å². The van der Waals surface area contributed by atoms with Crippen LogP contribution in [-0.4, -0.2) is 45.0 Å². The van der Waals surface area contributed by atoms with Gasteiger partial charge in [-0.3, -0.25) is 4.90 Å². The van der Waals surface area contributed by atoms with Crippen LogP contribution in [0.25, 0.3) is 22.3 Å². The molecule has 0 aliphatic carbocycles. The average molecular weight is 441 g/mol. The molecule has 0 radical (unpaired) electrons. The summed E-state index contributed by atoms with van der Waals surface area (Å²) in [5.41, 5.74) is 5.63. The summed E-state index contributed by atoms with van der Waals surface area (Å²) in [7, 11) is 0. The molecule has 3 atom stereocenters. The maximum absolute atomic E-state index is 4.53. The minimum absolute atomic E-state index is 0.148. The van der Waals surface area contributed by atoms with Crippen molar-refractivity contribution in [1.82, 2.24) is 25.2 Å². The van der Waals surface area contributed by atoms with Gasteiger partial charge in [-0.05, 0) is 49.6 Å². The van der Waals surface area contributed by atoms with Crippen molar-refractivity contribution in [2.24, 2.45) is 0 Å². The van der Waals surface area contributed by atoms with Crippen molar-refractivity contribution >= 4 is 16.9 Å². The molecule has 6 nitrogen and oxygen atoms in total. The third kappa shape index (κ3) is 4.92. The second-order valence-electron chi connectivity index (χ2n) is 9.31. The highest BCUT2D eigenvalue weighted by molar-refractivity contribution is 5.91. The molecule has 2 aromatic carbocycles. The smallest absolute Gasteiger partial charge is 0.143 e. The summed E-state index contributed by atoms with van der Waals surface area (Å²) in [4.78, 5) is 15.0. The monoisotopic (exact) mass is 440 g/mol. The fourth-order valence-electron chi connectivity index (χ4n) is 4.91. The van der Waals surface area contributed by atoms with Crippen molar-refractivity contribution in [3.8, 4) is 11.3 Å². The van der Waals surface area contributed by atoms with E-state index >= 15 is 0 Å². The number of H-pyrrole nitrogens is 1. The van der Waals surface area contributed by atoms with E-state index in [1.165, 1.54) is 16.7 Å². The molecule has 5 rings (SSSR count). The number of benzene rings is 2. The van der Waals surface area contributed by atoms with E-state index in [4.69, 9.17) is 0 Å². The number of hydrogen-bond acceptors (Lipinski definition) is 5. The van der Waals surface area contributed by atoms with Crippen LogP contribution in [-0.2, 0) is 6.54 Å². The summed E-state index contributed by atoms with van der Waals surface area (Å²) in [6, 6.07) is 22.6. The molecule has 1 saturated heterocycles. The van der Waals surface area contributed by atoms with Crippen LogP contribution in [0.5, 0.6) is 0 Å². The molecule has 2 unspecified atom stereocenters. The van der Waals surface area contributed by atoms with Crippen LogP contribution < -0.4 is 10.6 Å². The van der Waals surface area contributed by atoms with E-state index in [-0.39, 0.29) is 6.04 Å². The molecule has 0 bridgehead atoms. The number of aromatic amines is 1. The Hall–Kier alpha value is -3.22. The van der Waals surface area contributed by atoms with E-state index in [2.05, 4.69) is 106 Å². The summed E-state index contributed by atoms with van der Waals surface area (Å²) in [6.07, 6.45) is 1.62. The number of anilines is 1. The lowest BCUT2D eigenvalue weighted by atomic mass is 10.1. The fourth-order valence-corrected chi connectivity index (χ4v) is 4.91. The topological polar surface area (TPSA) is 68.9 Å². The lowest BCUT2D eigenvalue weighted by Crippen LogP contribution is -2.53. The van der Waals surface area contributed by atoms with Gasteiger partial charge in [0, 0.05) is 43.5 Å².